The van der Waals surface area contributed by atoms with Gasteiger partial charge in [-0.3, -0.25) is 13.8 Å². The van der Waals surface area contributed by atoms with Crippen molar-refractivity contribution in [3.8, 4) is 0 Å². The summed E-state index contributed by atoms with van der Waals surface area (Å²) in [4.78, 5) is 23.2. The third-order valence-corrected chi connectivity index (χ3v) is 12.4. The molecule has 0 aromatic rings. The van der Waals surface area contributed by atoms with Gasteiger partial charge in [0.05, 0.1) is 39.9 Å². The highest BCUT2D eigenvalue weighted by Gasteiger charge is 2.27. The van der Waals surface area contributed by atoms with Crippen LogP contribution in [0.3, 0.4) is 0 Å². The zero-order valence-electron chi connectivity index (χ0n) is 39.8. The number of likely N-dealkylation sites (N-methyl/N-ethyl adjacent to an activating group) is 1. The number of aliphatic hydroxyl groups is 1. The highest BCUT2D eigenvalue weighted by atomic mass is 31.2. The number of unbranched alkanes of at least 4 members (excludes halogenated alkanes) is 31. The van der Waals surface area contributed by atoms with E-state index in [0.717, 1.165) is 38.5 Å². The predicted octanol–water partition coefficient (Wildman–Crippen LogP) is 14.5. The van der Waals surface area contributed by atoms with Crippen LogP contribution < -0.4 is 5.32 Å². The van der Waals surface area contributed by atoms with Crippen molar-refractivity contribution in [1.82, 2.24) is 5.32 Å². The van der Waals surface area contributed by atoms with Crippen LogP contribution in [-0.2, 0) is 18.4 Å². The van der Waals surface area contributed by atoms with E-state index < -0.39 is 20.0 Å². The van der Waals surface area contributed by atoms with E-state index in [1.807, 2.05) is 27.2 Å². The van der Waals surface area contributed by atoms with E-state index in [-0.39, 0.29) is 19.1 Å². The number of nitrogens with zero attached hydrogens (tertiary/aromatic N) is 1. The van der Waals surface area contributed by atoms with Crippen LogP contribution in [0.4, 0.5) is 0 Å². The first-order valence-electron chi connectivity index (χ1n) is 25.2. The van der Waals surface area contributed by atoms with Crippen LogP contribution in [0.15, 0.2) is 24.3 Å². The summed E-state index contributed by atoms with van der Waals surface area (Å²) in [6, 6.07) is -0.843. The number of allylic oxidation sites excluding steroid dienone is 3. The highest BCUT2D eigenvalue weighted by Crippen LogP contribution is 2.43. The minimum Gasteiger partial charge on any atom is -0.387 e. The largest absolute Gasteiger partial charge is 0.472 e. The second kappa shape index (κ2) is 42.3. The Bertz CT molecular complexity index is 1020. The fourth-order valence-corrected chi connectivity index (χ4v) is 8.13. The lowest BCUT2D eigenvalue weighted by Gasteiger charge is -2.25. The molecule has 0 heterocycles. The number of aliphatic hydroxyl groups excluding tert-OH is 1. The summed E-state index contributed by atoms with van der Waals surface area (Å²) in [6.07, 6.45) is 51.1. The maximum atomic E-state index is 12.9. The van der Waals surface area contributed by atoms with Crippen molar-refractivity contribution < 1.29 is 32.9 Å². The van der Waals surface area contributed by atoms with Gasteiger partial charge in [-0.25, -0.2) is 4.57 Å². The minimum atomic E-state index is -4.34. The van der Waals surface area contributed by atoms with Gasteiger partial charge < -0.3 is 19.8 Å². The Morgan fingerprint density at radius 2 is 0.915 bits per heavy atom. The van der Waals surface area contributed by atoms with Crippen LogP contribution in [0.2, 0.25) is 0 Å². The lowest BCUT2D eigenvalue weighted by atomic mass is 10.0. The molecule has 1 unspecified atom stereocenters. The molecule has 8 nitrogen and oxygen atoms in total. The highest BCUT2D eigenvalue weighted by molar-refractivity contribution is 7.47. The molecule has 3 N–H and O–H groups in total. The van der Waals surface area contributed by atoms with E-state index in [2.05, 4.69) is 31.3 Å². The minimum absolute atomic E-state index is 0.0632. The second-order valence-corrected chi connectivity index (χ2v) is 20.0. The van der Waals surface area contributed by atoms with Gasteiger partial charge in [0, 0.05) is 6.42 Å². The summed E-state index contributed by atoms with van der Waals surface area (Å²) in [7, 11) is 1.58. The molecule has 0 bridgehead atoms. The molecule has 0 aromatic heterocycles. The molecule has 0 aliphatic rings. The van der Waals surface area contributed by atoms with Gasteiger partial charge >= 0.3 is 7.82 Å². The lowest BCUT2D eigenvalue weighted by molar-refractivity contribution is -0.870. The first-order valence-corrected chi connectivity index (χ1v) is 26.7. The van der Waals surface area contributed by atoms with E-state index in [0.29, 0.717) is 17.4 Å². The van der Waals surface area contributed by atoms with E-state index in [1.165, 1.54) is 180 Å². The average molecular weight is 856 g/mol. The molecule has 0 rings (SSSR count). The summed E-state index contributed by atoms with van der Waals surface area (Å²) in [5, 5.41) is 13.9. The van der Waals surface area contributed by atoms with Crippen LogP contribution in [0, 0.1) is 0 Å². The first kappa shape index (κ1) is 58.0. The number of quaternary nitrogens is 1. The molecule has 0 aliphatic heterocycles. The number of rotatable bonds is 46. The quantitative estimate of drug-likeness (QED) is 0.0244. The Labute approximate surface area is 366 Å². The molecule has 1 amide bonds. The molecule has 350 valence electrons. The van der Waals surface area contributed by atoms with Gasteiger partial charge in [-0.05, 0) is 44.9 Å². The molecule has 0 saturated heterocycles. The van der Waals surface area contributed by atoms with E-state index in [9.17, 15) is 19.4 Å². The van der Waals surface area contributed by atoms with Gasteiger partial charge in [0.15, 0.2) is 0 Å². The van der Waals surface area contributed by atoms with Crippen LogP contribution in [0.5, 0.6) is 0 Å². The average Bonchev–Trinajstić information content (AvgIpc) is 3.19. The summed E-state index contributed by atoms with van der Waals surface area (Å²) < 4.78 is 23.6. The van der Waals surface area contributed by atoms with Crippen LogP contribution in [0.1, 0.15) is 239 Å². The third kappa shape index (κ3) is 44.8. The molecule has 0 radical (unpaired) electrons. The van der Waals surface area contributed by atoms with Crippen molar-refractivity contribution >= 4 is 13.7 Å². The zero-order valence-corrected chi connectivity index (χ0v) is 40.7. The fraction of sp³-hybridized carbons (Fsp3) is 0.900. The molecule has 0 saturated carbocycles. The normalized spacial score (nSPS) is 14.4. The molecule has 0 aromatic carbocycles. The zero-order chi connectivity index (χ0) is 43.6. The third-order valence-electron chi connectivity index (χ3n) is 11.4. The van der Waals surface area contributed by atoms with Crippen LogP contribution in [-0.4, -0.2) is 73.4 Å². The maximum absolute atomic E-state index is 12.9. The number of carbonyl (C=O) groups excluding carboxylic acids is 1. The summed E-state index contributed by atoms with van der Waals surface area (Å²) in [5.74, 6) is -0.175. The summed E-state index contributed by atoms with van der Waals surface area (Å²) in [6.45, 7) is 4.83. The Morgan fingerprint density at radius 3 is 1.31 bits per heavy atom. The standard InChI is InChI=1S/C50H99N2O6P/c1-6-8-10-12-14-16-18-20-22-23-24-25-26-27-28-29-30-32-34-36-38-40-42-44-50(54)51-48(47-58-59(55,56)57-46-45-52(3,4)5)49(53)43-41-39-37-35-33-31-21-19-17-15-13-11-9-7-2/h20,22,41,43,48-49,53H,6-19,21,23-40,42,44-47H2,1-5H3,(H-,51,54,55,56)/p+1/b22-20+,43-41+/t48-,49+/m0/s1. The van der Waals surface area contributed by atoms with E-state index in [4.69, 9.17) is 9.05 Å². The first-order chi connectivity index (χ1) is 28.5. The second-order valence-electron chi connectivity index (χ2n) is 18.5. The SMILES string of the molecule is CCCCCCCC/C=C/CCCCCCCCCCCCCCCC(=O)N[C@@H](COP(=O)(O)OCC[N+](C)(C)C)[C@H](O)/C=C/CCCCCCCCCCCCCC. The molecule has 0 fully saturated rings. The number of hydrogen-bond donors (Lipinski definition) is 3. The fourth-order valence-electron chi connectivity index (χ4n) is 7.39. The van der Waals surface area contributed by atoms with Gasteiger partial charge in [-0.15, -0.1) is 0 Å². The monoisotopic (exact) mass is 856 g/mol. The lowest BCUT2D eigenvalue weighted by Crippen LogP contribution is -2.45. The number of phosphoric ester groups is 1. The van der Waals surface area contributed by atoms with E-state index >= 15 is 0 Å². The molecular formula is C50H100N2O6P+. The smallest absolute Gasteiger partial charge is 0.387 e. The maximum Gasteiger partial charge on any atom is 0.472 e. The van der Waals surface area contributed by atoms with Crippen molar-refractivity contribution in [1.29, 1.82) is 0 Å². The van der Waals surface area contributed by atoms with Crippen molar-refractivity contribution in [3.05, 3.63) is 24.3 Å². The van der Waals surface area contributed by atoms with Crippen molar-refractivity contribution in [2.24, 2.45) is 0 Å². The van der Waals surface area contributed by atoms with E-state index in [1.54, 1.807) is 6.08 Å². The number of hydrogen-bond acceptors (Lipinski definition) is 5. The number of carbonyl (C=O) groups is 1. The molecular weight excluding hydrogens is 756 g/mol. The Morgan fingerprint density at radius 1 is 0.559 bits per heavy atom. The Hall–Kier alpha value is -1.02. The predicted molar refractivity (Wildman–Crippen MR) is 254 cm³/mol. The van der Waals surface area contributed by atoms with Crippen molar-refractivity contribution in [3.63, 3.8) is 0 Å². The van der Waals surface area contributed by atoms with Crippen molar-refractivity contribution in [2.45, 2.75) is 251 Å². The molecule has 59 heavy (non-hydrogen) atoms. The Kier molecular flexibility index (Phi) is 41.6. The molecule has 0 spiro atoms. The molecule has 3 atom stereocenters. The topological polar surface area (TPSA) is 105 Å². The molecule has 0 aliphatic carbocycles. The van der Waals surface area contributed by atoms with Crippen LogP contribution >= 0.6 is 7.82 Å². The number of phosphoric acid groups is 1. The van der Waals surface area contributed by atoms with Gasteiger partial charge in [0.2, 0.25) is 5.91 Å². The van der Waals surface area contributed by atoms with Gasteiger partial charge in [0.1, 0.15) is 13.2 Å². The molecule has 9 heteroatoms. The van der Waals surface area contributed by atoms with Crippen molar-refractivity contribution in [2.75, 3.05) is 40.9 Å². The van der Waals surface area contributed by atoms with Gasteiger partial charge in [-0.1, -0.05) is 212 Å². The number of amides is 1. The number of nitrogens with one attached hydrogen (secondary N) is 1. The van der Waals surface area contributed by atoms with Gasteiger partial charge in [0.25, 0.3) is 0 Å². The Balaban J connectivity index is 4.24. The summed E-state index contributed by atoms with van der Waals surface area (Å²) in [5.41, 5.74) is 0. The van der Waals surface area contributed by atoms with Gasteiger partial charge in [-0.2, -0.15) is 0 Å². The van der Waals surface area contributed by atoms with Crippen LogP contribution in [0.25, 0.3) is 0 Å². The summed E-state index contributed by atoms with van der Waals surface area (Å²) >= 11 is 0.